The van der Waals surface area contributed by atoms with Gasteiger partial charge in [-0.2, -0.15) is 0 Å². The van der Waals surface area contributed by atoms with Crippen molar-refractivity contribution in [2.45, 2.75) is 52.1 Å². The number of piperidine rings is 1. The first-order chi connectivity index (χ1) is 13.1. The number of likely N-dealkylation sites (tertiary alicyclic amines) is 1. The van der Waals surface area contributed by atoms with Gasteiger partial charge in [0, 0.05) is 29.6 Å². The number of rotatable bonds is 7. The molecule has 2 amide bonds. The largest absolute Gasteiger partial charge is 0.338 e. The molecule has 1 aliphatic heterocycles. The predicted octanol–water partition coefficient (Wildman–Crippen LogP) is 4.18. The van der Waals surface area contributed by atoms with Gasteiger partial charge in [0.1, 0.15) is 5.01 Å². The van der Waals surface area contributed by atoms with Crippen LogP contribution < -0.4 is 10.6 Å². The van der Waals surface area contributed by atoms with Crippen LogP contribution in [0, 0.1) is 6.92 Å². The second kappa shape index (κ2) is 9.85. The van der Waals surface area contributed by atoms with Crippen LogP contribution in [-0.4, -0.2) is 41.6 Å². The Kier molecular flexibility index (Phi) is 7.24. The molecule has 1 aromatic carbocycles. The summed E-state index contributed by atoms with van der Waals surface area (Å²) in [4.78, 5) is 20.3. The molecule has 1 saturated heterocycles. The molecular weight excluding hydrogens is 356 g/mol. The van der Waals surface area contributed by atoms with E-state index in [1.165, 1.54) is 25.8 Å². The Balaban J connectivity index is 1.38. The SMILES string of the molecule is Cc1nc(-c2ccccc2)sc1CNC(=O)NCCCN1CCCCC1C. The maximum atomic E-state index is 12.1. The first kappa shape index (κ1) is 19.8. The molecule has 1 aromatic heterocycles. The molecule has 2 aromatic rings. The number of urea groups is 1. The zero-order valence-electron chi connectivity index (χ0n) is 16.3. The minimum Gasteiger partial charge on any atom is -0.338 e. The summed E-state index contributed by atoms with van der Waals surface area (Å²) < 4.78 is 0. The van der Waals surface area contributed by atoms with E-state index < -0.39 is 0 Å². The van der Waals surface area contributed by atoms with Gasteiger partial charge in [0.15, 0.2) is 0 Å². The number of aromatic nitrogens is 1. The summed E-state index contributed by atoms with van der Waals surface area (Å²) in [5.74, 6) is 0. The highest BCUT2D eigenvalue weighted by Crippen LogP contribution is 2.27. The molecule has 3 rings (SSSR count). The molecule has 1 fully saturated rings. The molecule has 1 aliphatic rings. The number of carbonyl (C=O) groups is 1. The van der Waals surface area contributed by atoms with Gasteiger partial charge in [0.05, 0.1) is 12.2 Å². The third-order valence-corrected chi connectivity index (χ3v) is 6.38. The van der Waals surface area contributed by atoms with Crippen LogP contribution in [0.2, 0.25) is 0 Å². The lowest BCUT2D eigenvalue weighted by Gasteiger charge is -2.33. The van der Waals surface area contributed by atoms with Gasteiger partial charge < -0.3 is 15.5 Å². The predicted molar refractivity (Wildman–Crippen MR) is 112 cm³/mol. The number of hydrogen-bond acceptors (Lipinski definition) is 4. The van der Waals surface area contributed by atoms with E-state index in [2.05, 4.69) is 39.6 Å². The first-order valence-corrected chi connectivity index (χ1v) is 10.7. The maximum absolute atomic E-state index is 12.1. The Morgan fingerprint density at radius 3 is 2.85 bits per heavy atom. The summed E-state index contributed by atoms with van der Waals surface area (Å²) in [7, 11) is 0. The summed E-state index contributed by atoms with van der Waals surface area (Å²) in [6, 6.07) is 10.7. The van der Waals surface area contributed by atoms with E-state index in [0.29, 0.717) is 19.1 Å². The van der Waals surface area contributed by atoms with E-state index in [1.807, 2.05) is 25.1 Å². The van der Waals surface area contributed by atoms with Crippen LogP contribution in [0.1, 0.15) is 43.2 Å². The fourth-order valence-corrected chi connectivity index (χ4v) is 4.50. The average molecular weight is 387 g/mol. The molecule has 1 unspecified atom stereocenters. The molecule has 27 heavy (non-hydrogen) atoms. The van der Waals surface area contributed by atoms with Gasteiger partial charge in [0.2, 0.25) is 0 Å². The minimum atomic E-state index is -0.101. The highest BCUT2D eigenvalue weighted by atomic mass is 32.1. The zero-order chi connectivity index (χ0) is 19.1. The Morgan fingerprint density at radius 2 is 2.07 bits per heavy atom. The normalized spacial score (nSPS) is 17.6. The summed E-state index contributed by atoms with van der Waals surface area (Å²) in [5.41, 5.74) is 2.10. The quantitative estimate of drug-likeness (QED) is 0.702. The number of nitrogens with zero attached hydrogens (tertiary/aromatic N) is 2. The molecule has 0 bridgehead atoms. The summed E-state index contributed by atoms with van der Waals surface area (Å²) in [6.45, 7) is 7.80. The van der Waals surface area contributed by atoms with Crippen LogP contribution in [0.15, 0.2) is 30.3 Å². The molecule has 0 radical (unpaired) electrons. The Bertz CT molecular complexity index is 731. The maximum Gasteiger partial charge on any atom is 0.315 e. The van der Waals surface area contributed by atoms with Crippen molar-refractivity contribution in [2.24, 2.45) is 0 Å². The van der Waals surface area contributed by atoms with Crippen LogP contribution in [0.5, 0.6) is 0 Å². The Hall–Kier alpha value is -1.92. The molecule has 2 heterocycles. The van der Waals surface area contributed by atoms with Gasteiger partial charge >= 0.3 is 6.03 Å². The topological polar surface area (TPSA) is 57.3 Å². The first-order valence-electron chi connectivity index (χ1n) is 9.91. The average Bonchev–Trinajstić information content (AvgIpc) is 3.06. The number of benzene rings is 1. The third-order valence-electron chi connectivity index (χ3n) is 5.17. The van der Waals surface area contributed by atoms with E-state index in [4.69, 9.17) is 0 Å². The van der Waals surface area contributed by atoms with Crippen LogP contribution in [0.25, 0.3) is 10.6 Å². The zero-order valence-corrected chi connectivity index (χ0v) is 17.1. The third kappa shape index (κ3) is 5.78. The van der Waals surface area contributed by atoms with E-state index in [0.717, 1.165) is 34.1 Å². The minimum absolute atomic E-state index is 0.101. The number of aryl methyl sites for hydroxylation is 1. The van der Waals surface area contributed by atoms with Crippen molar-refractivity contribution in [3.8, 4) is 10.6 Å². The van der Waals surface area contributed by atoms with Crippen molar-refractivity contribution < 1.29 is 4.79 Å². The van der Waals surface area contributed by atoms with Crippen molar-refractivity contribution in [2.75, 3.05) is 19.6 Å². The molecule has 6 heteroatoms. The van der Waals surface area contributed by atoms with E-state index >= 15 is 0 Å². The fraction of sp³-hybridized carbons (Fsp3) is 0.524. The molecule has 5 nitrogen and oxygen atoms in total. The van der Waals surface area contributed by atoms with Gasteiger partial charge in [-0.1, -0.05) is 36.8 Å². The number of carbonyl (C=O) groups excluding carboxylic acids is 1. The molecular formula is C21H30N4OS. The van der Waals surface area contributed by atoms with Gasteiger partial charge in [-0.3, -0.25) is 0 Å². The second-order valence-electron chi connectivity index (χ2n) is 7.24. The van der Waals surface area contributed by atoms with E-state index in [-0.39, 0.29) is 6.03 Å². The lowest BCUT2D eigenvalue weighted by atomic mass is 10.0. The van der Waals surface area contributed by atoms with E-state index in [1.54, 1.807) is 11.3 Å². The number of amides is 2. The fourth-order valence-electron chi connectivity index (χ4n) is 3.49. The number of thiazole rings is 1. The Morgan fingerprint density at radius 1 is 1.26 bits per heavy atom. The molecule has 146 valence electrons. The molecule has 0 spiro atoms. The lowest BCUT2D eigenvalue weighted by Crippen LogP contribution is -2.40. The van der Waals surface area contributed by atoms with Gasteiger partial charge in [-0.05, 0) is 39.7 Å². The monoisotopic (exact) mass is 386 g/mol. The number of hydrogen-bond donors (Lipinski definition) is 2. The van der Waals surface area contributed by atoms with Crippen LogP contribution in [0.4, 0.5) is 4.79 Å². The molecule has 2 N–H and O–H groups in total. The van der Waals surface area contributed by atoms with Crippen molar-refractivity contribution in [1.29, 1.82) is 0 Å². The molecule has 0 saturated carbocycles. The van der Waals surface area contributed by atoms with Crippen molar-refractivity contribution in [1.82, 2.24) is 20.5 Å². The summed E-state index contributed by atoms with van der Waals surface area (Å²) in [5, 5.41) is 6.93. The smallest absolute Gasteiger partial charge is 0.315 e. The van der Waals surface area contributed by atoms with Gasteiger partial charge in [-0.25, -0.2) is 9.78 Å². The number of nitrogens with one attached hydrogen (secondary N) is 2. The van der Waals surface area contributed by atoms with Crippen LogP contribution >= 0.6 is 11.3 Å². The highest BCUT2D eigenvalue weighted by molar-refractivity contribution is 7.15. The van der Waals surface area contributed by atoms with Crippen molar-refractivity contribution in [3.05, 3.63) is 40.9 Å². The molecule has 0 aliphatic carbocycles. The van der Waals surface area contributed by atoms with Crippen molar-refractivity contribution in [3.63, 3.8) is 0 Å². The molecule has 1 atom stereocenters. The summed E-state index contributed by atoms with van der Waals surface area (Å²) in [6.07, 6.45) is 4.95. The van der Waals surface area contributed by atoms with Crippen LogP contribution in [-0.2, 0) is 6.54 Å². The summed E-state index contributed by atoms with van der Waals surface area (Å²) >= 11 is 1.64. The van der Waals surface area contributed by atoms with Gasteiger partial charge in [-0.15, -0.1) is 11.3 Å². The van der Waals surface area contributed by atoms with Crippen LogP contribution in [0.3, 0.4) is 0 Å². The standard InChI is InChI=1S/C21H30N4OS/c1-16-9-6-7-13-25(16)14-8-12-22-21(26)23-15-19-17(2)24-20(27-19)18-10-4-3-5-11-18/h3-5,10-11,16H,6-9,12-15H2,1-2H3,(H2,22,23,26). The highest BCUT2D eigenvalue weighted by Gasteiger charge is 2.17. The van der Waals surface area contributed by atoms with Gasteiger partial charge in [0.25, 0.3) is 0 Å². The van der Waals surface area contributed by atoms with E-state index in [9.17, 15) is 4.79 Å². The lowest BCUT2D eigenvalue weighted by molar-refractivity contribution is 0.159. The second-order valence-corrected chi connectivity index (χ2v) is 8.32. The van der Waals surface area contributed by atoms with Crippen molar-refractivity contribution >= 4 is 17.4 Å². The Labute approximate surface area is 166 Å².